The predicted molar refractivity (Wildman–Crippen MR) is 51.6 cm³/mol. The number of hydrogen-bond donors (Lipinski definition) is 0. The van der Waals surface area contributed by atoms with E-state index in [9.17, 15) is 4.39 Å². The van der Waals surface area contributed by atoms with E-state index < -0.39 is 0 Å². The van der Waals surface area contributed by atoms with Crippen molar-refractivity contribution in [1.82, 2.24) is 0 Å². The maximum atomic E-state index is 13.3. The molecule has 0 heterocycles. The lowest BCUT2D eigenvalue weighted by Gasteiger charge is -2.05. The van der Waals surface area contributed by atoms with Crippen LogP contribution in [0, 0.1) is 17.1 Å². The van der Waals surface area contributed by atoms with E-state index in [1.807, 2.05) is 6.07 Å². The fraction of sp³-hybridized carbons (Fsp3) is 0.182. The lowest BCUT2D eigenvalue weighted by molar-refractivity contribution is 0.409. The summed E-state index contributed by atoms with van der Waals surface area (Å²) in [5.41, 5.74) is 0.795. The van der Waals surface area contributed by atoms with E-state index >= 15 is 0 Å². The number of ether oxygens (including phenoxy) is 1. The summed E-state index contributed by atoms with van der Waals surface area (Å²) in [6, 6.07) is 4.65. The van der Waals surface area contributed by atoms with Gasteiger partial charge in [0.1, 0.15) is 17.6 Å². The summed E-state index contributed by atoms with van der Waals surface area (Å²) in [4.78, 5) is 0. The number of nitrogens with zero attached hydrogens (tertiary/aromatic N) is 1. The highest BCUT2D eigenvalue weighted by Gasteiger charge is 2.08. The van der Waals surface area contributed by atoms with Crippen molar-refractivity contribution in [2.24, 2.45) is 0 Å². The Morgan fingerprint density at radius 2 is 2.36 bits per heavy atom. The monoisotopic (exact) mass is 191 g/mol. The van der Waals surface area contributed by atoms with Crippen molar-refractivity contribution >= 4 is 0 Å². The molecule has 2 nitrogen and oxygen atoms in total. The van der Waals surface area contributed by atoms with E-state index in [2.05, 4.69) is 6.58 Å². The Balaban J connectivity index is 3.24. The zero-order valence-electron chi connectivity index (χ0n) is 7.88. The first-order chi connectivity index (χ1) is 6.72. The Labute approximate surface area is 82.2 Å². The van der Waals surface area contributed by atoms with E-state index in [1.165, 1.54) is 19.2 Å². The van der Waals surface area contributed by atoms with Crippen LogP contribution in [0.5, 0.6) is 5.75 Å². The van der Waals surface area contributed by atoms with E-state index in [4.69, 9.17) is 10.00 Å². The zero-order chi connectivity index (χ0) is 10.6. The third kappa shape index (κ3) is 1.91. The molecule has 0 saturated heterocycles. The molecule has 3 heteroatoms. The van der Waals surface area contributed by atoms with Gasteiger partial charge in [0.2, 0.25) is 0 Å². The Bertz CT molecular complexity index is 393. The Morgan fingerprint density at radius 3 is 2.86 bits per heavy atom. The summed E-state index contributed by atoms with van der Waals surface area (Å²) in [6.45, 7) is 3.51. The van der Waals surface area contributed by atoms with Crippen LogP contribution in [0.2, 0.25) is 0 Å². The average molecular weight is 191 g/mol. The van der Waals surface area contributed by atoms with Gasteiger partial charge in [-0.1, -0.05) is 6.08 Å². The molecule has 0 saturated carbocycles. The first-order valence-corrected chi connectivity index (χ1v) is 4.10. The minimum Gasteiger partial charge on any atom is -0.495 e. The molecule has 0 atom stereocenters. The van der Waals surface area contributed by atoms with Gasteiger partial charge in [-0.2, -0.15) is 5.26 Å². The molecule has 14 heavy (non-hydrogen) atoms. The van der Waals surface area contributed by atoms with Gasteiger partial charge in [0.15, 0.2) is 0 Å². The van der Waals surface area contributed by atoms with Gasteiger partial charge in [0, 0.05) is 6.07 Å². The van der Waals surface area contributed by atoms with E-state index in [-0.39, 0.29) is 11.6 Å². The molecule has 0 aliphatic rings. The highest BCUT2D eigenvalue weighted by Crippen LogP contribution is 2.22. The number of benzene rings is 1. The zero-order valence-corrected chi connectivity index (χ0v) is 7.88. The summed E-state index contributed by atoms with van der Waals surface area (Å²) in [5.74, 6) is -0.112. The fourth-order valence-electron chi connectivity index (χ4n) is 1.17. The second kappa shape index (κ2) is 4.43. The van der Waals surface area contributed by atoms with Crippen molar-refractivity contribution in [1.29, 1.82) is 5.26 Å². The van der Waals surface area contributed by atoms with Crippen LogP contribution in [0.3, 0.4) is 0 Å². The highest BCUT2D eigenvalue weighted by atomic mass is 19.1. The molecule has 0 aliphatic carbocycles. The van der Waals surface area contributed by atoms with Gasteiger partial charge in [0.25, 0.3) is 0 Å². The van der Waals surface area contributed by atoms with E-state index in [0.29, 0.717) is 17.5 Å². The molecule has 0 spiro atoms. The fourth-order valence-corrected chi connectivity index (χ4v) is 1.17. The number of rotatable bonds is 3. The van der Waals surface area contributed by atoms with Crippen LogP contribution in [-0.4, -0.2) is 7.11 Å². The molecular weight excluding hydrogens is 181 g/mol. The largest absolute Gasteiger partial charge is 0.495 e. The summed E-state index contributed by atoms with van der Waals surface area (Å²) in [6.07, 6.45) is 2.00. The normalized spacial score (nSPS) is 9.21. The Kier molecular flexibility index (Phi) is 3.24. The van der Waals surface area contributed by atoms with Crippen LogP contribution in [0.15, 0.2) is 24.8 Å². The van der Waals surface area contributed by atoms with Gasteiger partial charge in [-0.15, -0.1) is 6.58 Å². The minimum absolute atomic E-state index is 0.262. The van der Waals surface area contributed by atoms with Gasteiger partial charge >= 0.3 is 0 Å². The van der Waals surface area contributed by atoms with Crippen LogP contribution in [0.4, 0.5) is 4.39 Å². The molecule has 72 valence electrons. The molecule has 0 amide bonds. The third-order valence-corrected chi connectivity index (χ3v) is 1.85. The van der Waals surface area contributed by atoms with Gasteiger partial charge < -0.3 is 4.74 Å². The molecule has 0 fully saturated rings. The summed E-state index contributed by atoms with van der Waals surface area (Å²) >= 11 is 0. The second-order valence-electron chi connectivity index (χ2n) is 2.75. The summed E-state index contributed by atoms with van der Waals surface area (Å²) in [7, 11) is 1.41. The number of allylic oxidation sites excluding steroid dienone is 1. The van der Waals surface area contributed by atoms with Crippen LogP contribution >= 0.6 is 0 Å². The summed E-state index contributed by atoms with van der Waals surface area (Å²) < 4.78 is 18.2. The van der Waals surface area contributed by atoms with E-state index in [0.717, 1.165) is 0 Å². The number of halogens is 1. The number of nitriles is 1. The predicted octanol–water partition coefficient (Wildman–Crippen LogP) is 2.43. The van der Waals surface area contributed by atoms with Crippen molar-refractivity contribution in [3.05, 3.63) is 41.7 Å². The lowest BCUT2D eigenvalue weighted by atomic mass is 10.1. The van der Waals surface area contributed by atoms with Gasteiger partial charge in [-0.3, -0.25) is 0 Å². The molecule has 0 bridgehead atoms. The SMILES string of the molecule is C=CCc1cc(C#N)c(OC)cc1F. The number of hydrogen-bond acceptors (Lipinski definition) is 2. The Hall–Kier alpha value is -1.82. The van der Waals surface area contributed by atoms with Crippen LogP contribution in [-0.2, 0) is 6.42 Å². The van der Waals surface area contributed by atoms with Gasteiger partial charge in [-0.05, 0) is 18.1 Å². The summed E-state index contributed by atoms with van der Waals surface area (Å²) in [5, 5.41) is 8.75. The maximum Gasteiger partial charge on any atom is 0.139 e. The molecule has 0 aliphatic heterocycles. The molecule has 1 aromatic carbocycles. The van der Waals surface area contributed by atoms with Crippen molar-refractivity contribution in [3.63, 3.8) is 0 Å². The standard InChI is InChI=1S/C11H10FNO/c1-3-4-8-5-9(7-13)11(14-2)6-10(8)12/h3,5-6H,1,4H2,2H3. The molecule has 1 rings (SSSR count). The molecule has 0 unspecified atom stereocenters. The van der Waals surface area contributed by atoms with Gasteiger partial charge in [0.05, 0.1) is 12.7 Å². The van der Waals surface area contributed by atoms with Crippen molar-refractivity contribution in [2.75, 3.05) is 7.11 Å². The smallest absolute Gasteiger partial charge is 0.139 e. The number of methoxy groups -OCH3 is 1. The van der Waals surface area contributed by atoms with Crippen LogP contribution in [0.25, 0.3) is 0 Å². The van der Waals surface area contributed by atoms with Gasteiger partial charge in [-0.25, -0.2) is 4.39 Å². The molecule has 0 aromatic heterocycles. The molecule has 0 N–H and O–H groups in total. The quantitative estimate of drug-likeness (QED) is 0.687. The average Bonchev–Trinajstić information content (AvgIpc) is 2.20. The second-order valence-corrected chi connectivity index (χ2v) is 2.75. The Morgan fingerprint density at radius 1 is 1.64 bits per heavy atom. The maximum absolute atomic E-state index is 13.3. The van der Waals surface area contributed by atoms with Crippen molar-refractivity contribution in [2.45, 2.75) is 6.42 Å². The third-order valence-electron chi connectivity index (χ3n) is 1.85. The highest BCUT2D eigenvalue weighted by molar-refractivity contribution is 5.46. The lowest BCUT2D eigenvalue weighted by Crippen LogP contribution is -1.94. The van der Waals surface area contributed by atoms with Crippen LogP contribution < -0.4 is 4.74 Å². The topological polar surface area (TPSA) is 33.0 Å². The van der Waals surface area contributed by atoms with Crippen molar-refractivity contribution in [3.8, 4) is 11.8 Å². The van der Waals surface area contributed by atoms with E-state index in [1.54, 1.807) is 6.08 Å². The minimum atomic E-state index is -0.374. The first-order valence-electron chi connectivity index (χ1n) is 4.10. The molecule has 0 radical (unpaired) electrons. The van der Waals surface area contributed by atoms with Crippen LogP contribution in [0.1, 0.15) is 11.1 Å². The first kappa shape index (κ1) is 10.3. The molecular formula is C11H10FNO. The van der Waals surface area contributed by atoms with Crippen molar-refractivity contribution < 1.29 is 9.13 Å². The molecule has 1 aromatic rings.